The lowest BCUT2D eigenvalue weighted by Crippen LogP contribution is -2.26. The van der Waals surface area contributed by atoms with Crippen LogP contribution in [0.1, 0.15) is 40.8 Å². The van der Waals surface area contributed by atoms with Crippen LogP contribution in [-0.2, 0) is 11.8 Å². The van der Waals surface area contributed by atoms with Gasteiger partial charge in [-0.2, -0.15) is 5.10 Å². The maximum Gasteiger partial charge on any atom is 0.246 e. The van der Waals surface area contributed by atoms with Crippen molar-refractivity contribution in [2.75, 3.05) is 18.4 Å². The van der Waals surface area contributed by atoms with Gasteiger partial charge in [0, 0.05) is 61.8 Å². The molecule has 0 saturated carbocycles. The van der Waals surface area contributed by atoms with Gasteiger partial charge in [0.1, 0.15) is 17.5 Å². The van der Waals surface area contributed by atoms with E-state index in [1.807, 2.05) is 49.5 Å². The summed E-state index contributed by atoms with van der Waals surface area (Å²) in [6, 6.07) is 1.93. The third kappa shape index (κ3) is 4.60. The summed E-state index contributed by atoms with van der Waals surface area (Å²) in [6.45, 7) is 7.15. The van der Waals surface area contributed by atoms with Gasteiger partial charge in [0.2, 0.25) is 5.91 Å². The van der Waals surface area contributed by atoms with Gasteiger partial charge in [-0.3, -0.25) is 14.5 Å². The van der Waals surface area contributed by atoms with E-state index >= 15 is 0 Å². The van der Waals surface area contributed by atoms with Gasteiger partial charge < -0.3 is 10.2 Å². The number of carbonyl (C=O) groups excluding carboxylic acids is 1. The monoisotopic (exact) mass is 418 g/mol. The van der Waals surface area contributed by atoms with Crippen molar-refractivity contribution in [1.29, 1.82) is 0 Å². The van der Waals surface area contributed by atoms with E-state index in [1.165, 1.54) is 0 Å². The normalized spacial score (nSPS) is 16.3. The summed E-state index contributed by atoms with van der Waals surface area (Å²) < 4.78 is 1.83. The smallest absolute Gasteiger partial charge is 0.246 e. The quantitative estimate of drug-likeness (QED) is 0.636. The Morgan fingerprint density at radius 2 is 2.03 bits per heavy atom. The lowest BCUT2D eigenvalue weighted by Gasteiger charge is -2.15. The number of aryl methyl sites for hydroxylation is 3. The van der Waals surface area contributed by atoms with Gasteiger partial charge in [0.25, 0.3) is 0 Å². The van der Waals surface area contributed by atoms with E-state index in [1.54, 1.807) is 24.7 Å². The Bertz CT molecular complexity index is 1120. The van der Waals surface area contributed by atoms with Crippen LogP contribution in [-0.4, -0.2) is 53.6 Å². The second kappa shape index (κ2) is 8.63. The average Bonchev–Trinajstić information content (AvgIpc) is 3.32. The number of nitrogens with one attached hydrogen (secondary N) is 1. The molecule has 0 aliphatic carbocycles. The van der Waals surface area contributed by atoms with Crippen LogP contribution in [0.5, 0.6) is 0 Å². The lowest BCUT2D eigenvalue weighted by atomic mass is 10.0. The first-order valence-corrected chi connectivity index (χ1v) is 10.3. The van der Waals surface area contributed by atoms with Crippen LogP contribution in [0.3, 0.4) is 0 Å². The van der Waals surface area contributed by atoms with Crippen LogP contribution >= 0.6 is 0 Å². The van der Waals surface area contributed by atoms with Crippen LogP contribution in [0.15, 0.2) is 30.7 Å². The molecule has 0 unspecified atom stereocenters. The number of amides is 1. The van der Waals surface area contributed by atoms with E-state index in [-0.39, 0.29) is 11.8 Å². The summed E-state index contributed by atoms with van der Waals surface area (Å²) in [5.41, 5.74) is 3.89. The van der Waals surface area contributed by atoms with Crippen molar-refractivity contribution in [3.63, 3.8) is 0 Å². The molecular formula is C22H26N8O. The highest BCUT2D eigenvalue weighted by molar-refractivity contribution is 5.92. The van der Waals surface area contributed by atoms with Gasteiger partial charge in [-0.15, -0.1) is 0 Å². The third-order valence-electron chi connectivity index (χ3n) is 5.55. The van der Waals surface area contributed by atoms with E-state index < -0.39 is 0 Å². The molecule has 4 rings (SSSR count). The molecule has 9 heteroatoms. The van der Waals surface area contributed by atoms with Gasteiger partial charge in [0.15, 0.2) is 0 Å². The van der Waals surface area contributed by atoms with Crippen LogP contribution in [0.2, 0.25) is 0 Å². The Morgan fingerprint density at radius 1 is 1.19 bits per heavy atom. The Morgan fingerprint density at radius 3 is 2.74 bits per heavy atom. The zero-order chi connectivity index (χ0) is 22.0. The van der Waals surface area contributed by atoms with Crippen molar-refractivity contribution in [2.45, 2.75) is 33.1 Å². The molecule has 3 aromatic rings. The number of aromatic nitrogens is 6. The summed E-state index contributed by atoms with van der Waals surface area (Å²) in [4.78, 5) is 32.0. The van der Waals surface area contributed by atoms with Crippen molar-refractivity contribution in [3.8, 4) is 0 Å². The van der Waals surface area contributed by atoms with Crippen LogP contribution in [0, 0.1) is 20.8 Å². The van der Waals surface area contributed by atoms with Crippen molar-refractivity contribution in [2.24, 2.45) is 7.05 Å². The molecule has 1 saturated heterocycles. The molecule has 1 N–H and O–H groups in total. The molecular weight excluding hydrogens is 392 g/mol. The standard InChI is InChI=1S/C22H26N8O/c1-14-18(15(2)29(4)28-14)5-6-22(31)30-10-7-17(13-30)19-11-20(26-16(3)25-19)27-21-12-23-8-9-24-21/h5-6,8-9,11-12,17H,7,10,13H2,1-4H3,(H,24,25,26,27)/b6-5+/t17-/m0/s1. The van der Waals surface area contributed by atoms with Gasteiger partial charge in [0.05, 0.1) is 17.6 Å². The van der Waals surface area contributed by atoms with Crippen molar-refractivity contribution in [1.82, 2.24) is 34.6 Å². The number of likely N-dealkylation sites (tertiary alicyclic amines) is 1. The molecule has 9 nitrogen and oxygen atoms in total. The second-order valence-corrected chi connectivity index (χ2v) is 7.75. The molecule has 31 heavy (non-hydrogen) atoms. The highest BCUT2D eigenvalue weighted by Gasteiger charge is 2.28. The molecule has 1 aliphatic heterocycles. The first kappa shape index (κ1) is 20.6. The molecule has 160 valence electrons. The maximum absolute atomic E-state index is 12.8. The van der Waals surface area contributed by atoms with Crippen LogP contribution < -0.4 is 5.32 Å². The minimum atomic E-state index is 0.00818. The van der Waals surface area contributed by atoms with Gasteiger partial charge in [-0.25, -0.2) is 15.0 Å². The third-order valence-corrected chi connectivity index (χ3v) is 5.55. The summed E-state index contributed by atoms with van der Waals surface area (Å²) in [6.07, 6.45) is 9.27. The second-order valence-electron chi connectivity index (χ2n) is 7.75. The molecule has 0 bridgehead atoms. The lowest BCUT2D eigenvalue weighted by molar-refractivity contribution is -0.124. The maximum atomic E-state index is 12.8. The minimum absolute atomic E-state index is 0.00818. The Balaban J connectivity index is 1.44. The predicted molar refractivity (Wildman–Crippen MR) is 118 cm³/mol. The summed E-state index contributed by atoms with van der Waals surface area (Å²) in [5.74, 6) is 2.16. The zero-order valence-electron chi connectivity index (χ0n) is 18.2. The highest BCUT2D eigenvalue weighted by Crippen LogP contribution is 2.28. The van der Waals surface area contributed by atoms with Gasteiger partial charge >= 0.3 is 0 Å². The van der Waals surface area contributed by atoms with E-state index in [9.17, 15) is 4.79 Å². The first-order valence-electron chi connectivity index (χ1n) is 10.3. The minimum Gasteiger partial charge on any atom is -0.338 e. The van der Waals surface area contributed by atoms with E-state index in [2.05, 4.69) is 30.4 Å². The average molecular weight is 419 g/mol. The largest absolute Gasteiger partial charge is 0.338 e. The summed E-state index contributed by atoms with van der Waals surface area (Å²) in [7, 11) is 1.91. The molecule has 0 spiro atoms. The molecule has 1 amide bonds. The van der Waals surface area contributed by atoms with Crippen molar-refractivity contribution >= 4 is 23.6 Å². The molecule has 0 aromatic carbocycles. The molecule has 1 aliphatic rings. The SMILES string of the molecule is Cc1nc(Nc2cnccn2)cc([C@H]2CCN(C(=O)/C=C/c3c(C)nn(C)c3C)C2)n1. The van der Waals surface area contributed by atoms with E-state index in [4.69, 9.17) is 0 Å². The summed E-state index contributed by atoms with van der Waals surface area (Å²) >= 11 is 0. The van der Waals surface area contributed by atoms with E-state index in [0.717, 1.165) is 29.1 Å². The van der Waals surface area contributed by atoms with Crippen LogP contribution in [0.25, 0.3) is 6.08 Å². The fraction of sp³-hybridized carbons (Fsp3) is 0.364. The molecule has 3 aromatic heterocycles. The highest BCUT2D eigenvalue weighted by atomic mass is 16.2. The Kier molecular flexibility index (Phi) is 5.75. The number of hydrogen-bond acceptors (Lipinski definition) is 7. The molecule has 1 fully saturated rings. The van der Waals surface area contributed by atoms with Crippen molar-refractivity contribution < 1.29 is 4.79 Å². The number of rotatable bonds is 5. The van der Waals surface area contributed by atoms with Crippen molar-refractivity contribution in [3.05, 3.63) is 59.2 Å². The summed E-state index contributed by atoms with van der Waals surface area (Å²) in [5, 5.41) is 7.57. The molecule has 4 heterocycles. The zero-order valence-corrected chi connectivity index (χ0v) is 18.2. The number of nitrogens with zero attached hydrogens (tertiary/aromatic N) is 7. The van der Waals surface area contributed by atoms with E-state index in [0.29, 0.717) is 30.5 Å². The molecule has 1 atom stereocenters. The van der Waals surface area contributed by atoms with Gasteiger partial charge in [-0.1, -0.05) is 0 Å². The number of anilines is 2. The molecule has 0 radical (unpaired) electrons. The fourth-order valence-electron chi connectivity index (χ4n) is 3.85. The number of carbonyl (C=O) groups is 1. The Labute approximate surface area is 181 Å². The van der Waals surface area contributed by atoms with Gasteiger partial charge in [-0.05, 0) is 33.3 Å². The fourth-order valence-corrected chi connectivity index (χ4v) is 3.85. The number of hydrogen-bond donors (Lipinski definition) is 1. The topological polar surface area (TPSA) is 102 Å². The Hall–Kier alpha value is -3.62. The predicted octanol–water partition coefficient (Wildman–Crippen LogP) is 2.70. The van der Waals surface area contributed by atoms with Crippen LogP contribution in [0.4, 0.5) is 11.6 Å². The first-order chi connectivity index (χ1) is 14.9.